The van der Waals surface area contributed by atoms with Crippen LogP contribution in [0.4, 0.5) is 10.6 Å². The van der Waals surface area contributed by atoms with E-state index in [0.29, 0.717) is 0 Å². The highest BCUT2D eigenvalue weighted by atomic mass is 16.6. The average Bonchev–Trinajstić information content (AvgIpc) is 2.83. The molecule has 9 nitrogen and oxygen atoms in total. The molecule has 25 heavy (non-hydrogen) atoms. The minimum Gasteiger partial charge on any atom is -0.481 e. The average molecular weight is 354 g/mol. The van der Waals surface area contributed by atoms with E-state index in [4.69, 9.17) is 9.84 Å². The topological polar surface area (TPSA) is 123 Å². The fourth-order valence-corrected chi connectivity index (χ4v) is 1.96. The molecule has 0 bridgehead atoms. The lowest BCUT2D eigenvalue weighted by molar-refractivity contribution is -0.139. The first-order chi connectivity index (χ1) is 11.3. The number of alkyl carbamates (subject to hydrolysis) is 1. The summed E-state index contributed by atoms with van der Waals surface area (Å²) in [6.45, 7) is 10.2. The molecule has 140 valence electrons. The molecule has 0 spiro atoms. The first-order valence-electron chi connectivity index (χ1n) is 7.87. The second-order valence-electron chi connectivity index (χ2n) is 7.41. The number of aromatic nitrogens is 2. The van der Waals surface area contributed by atoms with E-state index in [2.05, 4.69) is 15.6 Å². The summed E-state index contributed by atoms with van der Waals surface area (Å²) < 4.78 is 6.70. The van der Waals surface area contributed by atoms with E-state index in [1.165, 1.54) is 13.3 Å². The number of carbonyl (C=O) groups excluding carboxylic acids is 2. The number of carboxylic acid groups (broad SMARTS) is 1. The minimum atomic E-state index is -0.931. The number of carboxylic acids is 1. The van der Waals surface area contributed by atoms with Crippen molar-refractivity contribution in [2.24, 2.45) is 0 Å². The molecule has 0 aliphatic rings. The molecule has 1 rings (SSSR count). The van der Waals surface area contributed by atoms with Crippen LogP contribution in [-0.4, -0.2) is 44.3 Å². The van der Waals surface area contributed by atoms with Crippen molar-refractivity contribution in [2.75, 3.05) is 5.32 Å². The zero-order valence-electron chi connectivity index (χ0n) is 15.4. The first kappa shape index (κ1) is 20.5. The summed E-state index contributed by atoms with van der Waals surface area (Å²) in [4.78, 5) is 38.8. The van der Waals surface area contributed by atoms with Gasteiger partial charge in [0.25, 0.3) is 0 Å². The van der Waals surface area contributed by atoms with Crippen LogP contribution < -0.4 is 10.6 Å². The third-order valence-electron chi connectivity index (χ3n) is 3.24. The smallest absolute Gasteiger partial charge is 0.408 e. The standard InChI is InChI=1S/C16H26N4O5/c1-10(18-14(24)25-15(2,3)4)13(23)19-11-8-20(9-17-11)16(5,6)7-12(21)22/h8-10H,7H2,1-6H3,(H,18,24)(H,19,23)(H,21,22). The minimum absolute atomic E-state index is 0.0899. The summed E-state index contributed by atoms with van der Waals surface area (Å²) in [7, 11) is 0. The number of ether oxygens (including phenoxy) is 1. The highest BCUT2D eigenvalue weighted by Gasteiger charge is 2.25. The molecule has 3 N–H and O–H groups in total. The lowest BCUT2D eigenvalue weighted by atomic mass is 10.0. The van der Waals surface area contributed by atoms with Crippen LogP contribution in [0, 0.1) is 0 Å². The molecule has 1 aromatic rings. The molecular weight excluding hydrogens is 328 g/mol. The Morgan fingerprint density at radius 3 is 2.40 bits per heavy atom. The first-order valence-corrected chi connectivity index (χ1v) is 7.87. The predicted octanol–water partition coefficient (Wildman–Crippen LogP) is 1.94. The van der Waals surface area contributed by atoms with E-state index >= 15 is 0 Å². The molecule has 0 aliphatic carbocycles. The van der Waals surface area contributed by atoms with Crippen molar-refractivity contribution in [3.63, 3.8) is 0 Å². The van der Waals surface area contributed by atoms with Gasteiger partial charge in [0.15, 0.2) is 5.82 Å². The van der Waals surface area contributed by atoms with Crippen LogP contribution in [-0.2, 0) is 19.9 Å². The molecule has 1 atom stereocenters. The maximum Gasteiger partial charge on any atom is 0.408 e. The summed E-state index contributed by atoms with van der Waals surface area (Å²) in [6, 6.07) is -0.827. The molecule has 1 heterocycles. The molecule has 0 fully saturated rings. The van der Waals surface area contributed by atoms with Gasteiger partial charge < -0.3 is 25.0 Å². The number of hydrogen-bond acceptors (Lipinski definition) is 5. The Morgan fingerprint density at radius 2 is 1.88 bits per heavy atom. The molecule has 0 aromatic carbocycles. The van der Waals surface area contributed by atoms with Gasteiger partial charge in [0.1, 0.15) is 11.6 Å². The number of amides is 2. The van der Waals surface area contributed by atoms with Crippen molar-refractivity contribution in [2.45, 2.75) is 65.1 Å². The van der Waals surface area contributed by atoms with Crippen LogP contribution in [0.3, 0.4) is 0 Å². The fourth-order valence-electron chi connectivity index (χ4n) is 1.96. The van der Waals surface area contributed by atoms with Gasteiger partial charge in [-0.2, -0.15) is 0 Å². The Labute approximate surface area is 146 Å². The van der Waals surface area contributed by atoms with Gasteiger partial charge in [-0.3, -0.25) is 9.59 Å². The lowest BCUT2D eigenvalue weighted by Gasteiger charge is -2.24. The van der Waals surface area contributed by atoms with Crippen molar-refractivity contribution in [3.8, 4) is 0 Å². The van der Waals surface area contributed by atoms with Crippen molar-refractivity contribution in [3.05, 3.63) is 12.5 Å². The van der Waals surface area contributed by atoms with E-state index in [9.17, 15) is 14.4 Å². The summed E-state index contributed by atoms with van der Waals surface area (Å²) >= 11 is 0. The molecule has 9 heteroatoms. The van der Waals surface area contributed by atoms with E-state index in [-0.39, 0.29) is 12.2 Å². The molecule has 0 saturated carbocycles. The Hall–Kier alpha value is -2.58. The number of imidazole rings is 1. The number of anilines is 1. The summed E-state index contributed by atoms with van der Waals surface area (Å²) in [6.07, 6.45) is 2.21. The normalized spacial score (nSPS) is 13.0. The molecule has 1 aromatic heterocycles. The Kier molecular flexibility index (Phi) is 6.17. The van der Waals surface area contributed by atoms with Gasteiger partial charge >= 0.3 is 12.1 Å². The van der Waals surface area contributed by atoms with Crippen LogP contribution in [0.1, 0.15) is 48.0 Å². The van der Waals surface area contributed by atoms with E-state index in [0.717, 1.165) is 0 Å². The van der Waals surface area contributed by atoms with Crippen molar-refractivity contribution in [1.82, 2.24) is 14.9 Å². The molecule has 0 aliphatic heterocycles. The van der Waals surface area contributed by atoms with Crippen LogP contribution in [0.5, 0.6) is 0 Å². The molecule has 0 saturated heterocycles. The number of hydrogen-bond donors (Lipinski definition) is 3. The highest BCUT2D eigenvalue weighted by Crippen LogP contribution is 2.21. The summed E-state index contributed by atoms with van der Waals surface area (Å²) in [5, 5.41) is 13.9. The van der Waals surface area contributed by atoms with Crippen molar-refractivity contribution >= 4 is 23.8 Å². The molecular formula is C16H26N4O5. The fraction of sp³-hybridized carbons (Fsp3) is 0.625. The second-order valence-corrected chi connectivity index (χ2v) is 7.41. The van der Waals surface area contributed by atoms with Crippen LogP contribution >= 0.6 is 0 Å². The maximum atomic E-state index is 12.1. The van der Waals surface area contributed by atoms with Gasteiger partial charge in [-0.25, -0.2) is 9.78 Å². The maximum absolute atomic E-state index is 12.1. The monoisotopic (exact) mass is 354 g/mol. The number of carbonyl (C=O) groups is 3. The highest BCUT2D eigenvalue weighted by molar-refractivity contribution is 5.95. The van der Waals surface area contributed by atoms with Crippen LogP contribution in [0.25, 0.3) is 0 Å². The van der Waals surface area contributed by atoms with Crippen LogP contribution in [0.2, 0.25) is 0 Å². The third-order valence-corrected chi connectivity index (χ3v) is 3.24. The van der Waals surface area contributed by atoms with Crippen molar-refractivity contribution in [1.29, 1.82) is 0 Å². The molecule has 0 radical (unpaired) electrons. The Balaban J connectivity index is 2.66. The third kappa shape index (κ3) is 6.82. The van der Waals surface area contributed by atoms with Gasteiger partial charge in [0.2, 0.25) is 5.91 Å². The van der Waals surface area contributed by atoms with Gasteiger partial charge in [0.05, 0.1) is 18.3 Å². The zero-order chi connectivity index (χ0) is 19.4. The number of nitrogens with one attached hydrogen (secondary N) is 2. The number of nitrogens with zero attached hydrogens (tertiary/aromatic N) is 2. The second kappa shape index (κ2) is 7.54. The van der Waals surface area contributed by atoms with Crippen LogP contribution in [0.15, 0.2) is 12.5 Å². The van der Waals surface area contributed by atoms with Gasteiger partial charge in [-0.05, 0) is 41.5 Å². The zero-order valence-corrected chi connectivity index (χ0v) is 15.4. The van der Waals surface area contributed by atoms with Gasteiger partial charge in [-0.1, -0.05) is 0 Å². The van der Waals surface area contributed by atoms with E-state index in [1.54, 1.807) is 45.4 Å². The largest absolute Gasteiger partial charge is 0.481 e. The predicted molar refractivity (Wildman–Crippen MR) is 91.3 cm³/mol. The van der Waals surface area contributed by atoms with Gasteiger partial charge in [0, 0.05) is 6.20 Å². The molecule has 1 unspecified atom stereocenters. The lowest BCUT2D eigenvalue weighted by Crippen LogP contribution is -2.44. The number of rotatable bonds is 6. The van der Waals surface area contributed by atoms with E-state index in [1.807, 2.05) is 0 Å². The SMILES string of the molecule is CC(NC(=O)OC(C)(C)C)C(=O)Nc1cn(C(C)(C)CC(=O)O)cn1. The number of aliphatic carboxylic acids is 1. The molecule has 2 amide bonds. The van der Waals surface area contributed by atoms with Crippen molar-refractivity contribution < 1.29 is 24.2 Å². The Bertz CT molecular complexity index is 645. The summed E-state index contributed by atoms with van der Waals surface area (Å²) in [5.74, 6) is -1.13. The quantitative estimate of drug-likeness (QED) is 0.717. The summed E-state index contributed by atoms with van der Waals surface area (Å²) in [5.41, 5.74) is -1.35. The Morgan fingerprint density at radius 1 is 1.28 bits per heavy atom. The van der Waals surface area contributed by atoms with Gasteiger partial charge in [-0.15, -0.1) is 0 Å². The van der Waals surface area contributed by atoms with E-state index < -0.39 is 35.2 Å².